The number of thiophene rings is 1. The molecule has 3 rings (SSSR count). The normalized spacial score (nSPS) is 24.3. The van der Waals surface area contributed by atoms with Crippen molar-refractivity contribution in [2.45, 2.75) is 65.2 Å². The fourth-order valence-electron chi connectivity index (χ4n) is 4.27. The van der Waals surface area contributed by atoms with Gasteiger partial charge in [-0.15, -0.1) is 11.3 Å². The first-order chi connectivity index (χ1) is 13.4. The molecule has 1 amide bonds. The van der Waals surface area contributed by atoms with Crippen molar-refractivity contribution in [2.24, 2.45) is 17.8 Å². The van der Waals surface area contributed by atoms with Gasteiger partial charge in [-0.05, 0) is 50.0 Å². The number of carboxylic acid groups (broad SMARTS) is 1. The van der Waals surface area contributed by atoms with E-state index >= 15 is 0 Å². The van der Waals surface area contributed by atoms with Gasteiger partial charge in [-0.2, -0.15) is 0 Å². The zero-order chi connectivity index (χ0) is 20.3. The van der Waals surface area contributed by atoms with Crippen molar-refractivity contribution in [1.29, 1.82) is 0 Å². The summed E-state index contributed by atoms with van der Waals surface area (Å²) in [5.41, 5.74) is 1.48. The number of esters is 1. The van der Waals surface area contributed by atoms with E-state index < -0.39 is 17.8 Å². The van der Waals surface area contributed by atoms with E-state index in [0.717, 1.165) is 49.0 Å². The van der Waals surface area contributed by atoms with Crippen molar-refractivity contribution < 1.29 is 24.2 Å². The summed E-state index contributed by atoms with van der Waals surface area (Å²) in [4.78, 5) is 38.3. The molecule has 0 radical (unpaired) electrons. The van der Waals surface area contributed by atoms with E-state index in [1.807, 2.05) is 6.92 Å². The number of ether oxygens (including phenoxy) is 1. The van der Waals surface area contributed by atoms with Crippen LogP contribution in [0.2, 0.25) is 0 Å². The number of carbonyl (C=O) groups excluding carboxylic acids is 2. The highest BCUT2D eigenvalue weighted by Crippen LogP contribution is 2.41. The first kappa shape index (κ1) is 20.8. The van der Waals surface area contributed by atoms with E-state index in [-0.39, 0.29) is 11.9 Å². The van der Waals surface area contributed by atoms with E-state index in [1.165, 1.54) is 11.3 Å². The largest absolute Gasteiger partial charge is 0.481 e. The molecule has 6 nitrogen and oxygen atoms in total. The van der Waals surface area contributed by atoms with Crippen molar-refractivity contribution in [1.82, 2.24) is 0 Å². The summed E-state index contributed by atoms with van der Waals surface area (Å²) in [7, 11) is 0. The molecule has 1 saturated carbocycles. The lowest BCUT2D eigenvalue weighted by atomic mass is 9.78. The molecule has 7 heteroatoms. The quantitative estimate of drug-likeness (QED) is 0.687. The summed E-state index contributed by atoms with van der Waals surface area (Å²) in [6.45, 7) is 4.47. The monoisotopic (exact) mass is 407 g/mol. The van der Waals surface area contributed by atoms with Crippen molar-refractivity contribution in [3.05, 3.63) is 16.0 Å². The number of rotatable bonds is 6. The lowest BCUT2D eigenvalue weighted by molar-refractivity contribution is -0.147. The Bertz CT molecular complexity index is 756. The second kappa shape index (κ2) is 9.07. The Kier molecular flexibility index (Phi) is 6.75. The summed E-state index contributed by atoms with van der Waals surface area (Å²) in [5.74, 6) is -2.25. The highest BCUT2D eigenvalue weighted by Gasteiger charge is 2.37. The molecule has 2 aliphatic carbocycles. The van der Waals surface area contributed by atoms with Gasteiger partial charge in [0.15, 0.2) is 0 Å². The Balaban J connectivity index is 1.87. The Morgan fingerprint density at radius 1 is 1.18 bits per heavy atom. The lowest BCUT2D eigenvalue weighted by Gasteiger charge is -2.27. The summed E-state index contributed by atoms with van der Waals surface area (Å²) >= 11 is 1.45. The number of carbonyl (C=O) groups is 3. The first-order valence-electron chi connectivity index (χ1n) is 10.3. The number of carboxylic acids is 1. The topological polar surface area (TPSA) is 92.7 Å². The molecule has 0 unspecified atom stereocenters. The number of anilines is 1. The van der Waals surface area contributed by atoms with Crippen LogP contribution in [0.15, 0.2) is 0 Å². The van der Waals surface area contributed by atoms with E-state index in [1.54, 1.807) is 0 Å². The molecular formula is C21H29NO5S. The maximum Gasteiger partial charge on any atom is 0.341 e. The van der Waals surface area contributed by atoms with Crippen LogP contribution in [0.1, 0.15) is 73.2 Å². The van der Waals surface area contributed by atoms with Gasteiger partial charge in [0.2, 0.25) is 5.91 Å². The molecule has 0 spiro atoms. The van der Waals surface area contributed by atoms with Gasteiger partial charge in [0, 0.05) is 4.88 Å². The number of hydrogen-bond acceptors (Lipinski definition) is 5. The summed E-state index contributed by atoms with van der Waals surface area (Å²) in [5, 5.41) is 12.9. The minimum atomic E-state index is -0.915. The average Bonchev–Trinajstić information content (AvgIpc) is 3.02. The molecule has 3 atom stereocenters. The molecule has 0 saturated heterocycles. The van der Waals surface area contributed by atoms with Crippen molar-refractivity contribution in [2.75, 3.05) is 11.9 Å². The second-order valence-electron chi connectivity index (χ2n) is 8.02. The smallest absolute Gasteiger partial charge is 0.341 e. The first-order valence-corrected chi connectivity index (χ1v) is 11.1. The maximum absolute atomic E-state index is 12.9. The average molecular weight is 408 g/mol. The predicted molar refractivity (Wildman–Crippen MR) is 108 cm³/mol. The summed E-state index contributed by atoms with van der Waals surface area (Å²) in [6.07, 6.45) is 6.23. The van der Waals surface area contributed by atoms with E-state index in [0.29, 0.717) is 35.9 Å². The van der Waals surface area contributed by atoms with Gasteiger partial charge in [0.1, 0.15) is 5.00 Å². The van der Waals surface area contributed by atoms with Crippen LogP contribution in [0, 0.1) is 17.8 Å². The van der Waals surface area contributed by atoms with Gasteiger partial charge in [-0.1, -0.05) is 26.7 Å². The van der Waals surface area contributed by atoms with Crippen LogP contribution in [0.4, 0.5) is 5.00 Å². The zero-order valence-corrected chi connectivity index (χ0v) is 17.4. The molecule has 2 N–H and O–H groups in total. The minimum absolute atomic E-state index is 0.289. The van der Waals surface area contributed by atoms with E-state index in [9.17, 15) is 19.5 Å². The lowest BCUT2D eigenvalue weighted by Crippen LogP contribution is -2.36. The third-order valence-electron chi connectivity index (χ3n) is 5.81. The van der Waals surface area contributed by atoms with Crippen LogP contribution in [0.5, 0.6) is 0 Å². The molecule has 1 fully saturated rings. The van der Waals surface area contributed by atoms with Crippen LogP contribution in [-0.2, 0) is 27.2 Å². The van der Waals surface area contributed by atoms with Gasteiger partial charge >= 0.3 is 11.9 Å². The third-order valence-corrected chi connectivity index (χ3v) is 6.98. The van der Waals surface area contributed by atoms with Crippen molar-refractivity contribution >= 4 is 34.2 Å². The molecule has 0 bridgehead atoms. The minimum Gasteiger partial charge on any atom is -0.481 e. The zero-order valence-electron chi connectivity index (χ0n) is 16.6. The molecule has 28 heavy (non-hydrogen) atoms. The van der Waals surface area contributed by atoms with Crippen LogP contribution in [-0.4, -0.2) is 29.6 Å². The number of amides is 1. The van der Waals surface area contributed by atoms with Crippen molar-refractivity contribution in [3.63, 3.8) is 0 Å². The molecule has 1 aromatic rings. The highest BCUT2D eigenvalue weighted by atomic mass is 32.1. The van der Waals surface area contributed by atoms with Gasteiger partial charge < -0.3 is 15.2 Å². The Morgan fingerprint density at radius 3 is 2.57 bits per heavy atom. The molecular weight excluding hydrogens is 378 g/mol. The molecule has 2 aliphatic rings. The molecule has 0 aromatic carbocycles. The van der Waals surface area contributed by atoms with Crippen LogP contribution >= 0.6 is 11.3 Å². The van der Waals surface area contributed by atoms with Gasteiger partial charge in [0.05, 0.1) is 24.0 Å². The Morgan fingerprint density at radius 2 is 1.89 bits per heavy atom. The number of hydrogen-bond donors (Lipinski definition) is 2. The van der Waals surface area contributed by atoms with E-state index in [2.05, 4.69) is 12.2 Å². The maximum atomic E-state index is 12.9. The number of nitrogens with one attached hydrogen (secondary N) is 1. The number of aliphatic carboxylic acids is 1. The molecule has 1 aromatic heterocycles. The van der Waals surface area contributed by atoms with Crippen LogP contribution < -0.4 is 5.32 Å². The van der Waals surface area contributed by atoms with Crippen molar-refractivity contribution in [3.8, 4) is 0 Å². The molecule has 0 aliphatic heterocycles. The van der Waals surface area contributed by atoms with Crippen LogP contribution in [0.3, 0.4) is 0 Å². The van der Waals surface area contributed by atoms with Gasteiger partial charge in [0.25, 0.3) is 0 Å². The summed E-state index contributed by atoms with van der Waals surface area (Å²) < 4.78 is 5.38. The Labute approximate surface area is 169 Å². The highest BCUT2D eigenvalue weighted by molar-refractivity contribution is 7.17. The second-order valence-corrected chi connectivity index (χ2v) is 9.12. The van der Waals surface area contributed by atoms with Gasteiger partial charge in [-0.3, -0.25) is 9.59 Å². The van der Waals surface area contributed by atoms with E-state index in [4.69, 9.17) is 4.74 Å². The third kappa shape index (κ3) is 4.40. The fourth-order valence-corrected chi connectivity index (χ4v) is 5.67. The standard InChI is InChI=1S/C21H29NO5S/c1-3-10-27-21(26)17-15-9-8-12(2)11-16(15)28-19(17)22-18(23)13-6-4-5-7-14(13)20(24)25/h12-14H,3-11H2,1-2H3,(H,22,23)(H,24,25)/t12-,13+,14+/m1/s1. The fraction of sp³-hybridized carbons (Fsp3) is 0.667. The van der Waals surface area contributed by atoms with Crippen LogP contribution in [0.25, 0.3) is 0 Å². The molecule has 154 valence electrons. The van der Waals surface area contributed by atoms with Gasteiger partial charge in [-0.25, -0.2) is 4.79 Å². The Hall–Kier alpha value is -1.89. The number of fused-ring (bicyclic) bond motifs is 1. The molecule has 1 heterocycles. The predicted octanol–water partition coefficient (Wildman–Crippen LogP) is 4.27. The summed E-state index contributed by atoms with van der Waals surface area (Å²) in [6, 6.07) is 0. The SMILES string of the molecule is CCCOC(=O)c1c(NC(=O)[C@H]2CCCC[C@@H]2C(=O)O)sc2c1CC[C@@H](C)C2.